The molecule has 6 heteroatoms. The maximum absolute atomic E-state index is 11.7. The highest BCUT2D eigenvalue weighted by atomic mass is 16.5. The molecule has 3 N–H and O–H groups in total. The number of carbonyl (C=O) groups excluding carboxylic acids is 1. The first-order valence-electron chi connectivity index (χ1n) is 7.38. The molecule has 0 saturated carbocycles. The zero-order valence-corrected chi connectivity index (χ0v) is 12.8. The highest BCUT2D eigenvalue weighted by Gasteiger charge is 2.34. The van der Waals surface area contributed by atoms with Gasteiger partial charge < -0.3 is 15.8 Å². The molecule has 3 rings (SSSR count). The Labute approximate surface area is 129 Å². The maximum atomic E-state index is 11.7. The van der Waals surface area contributed by atoms with E-state index in [1.165, 1.54) is 0 Å². The third kappa shape index (κ3) is 2.62. The van der Waals surface area contributed by atoms with E-state index in [2.05, 4.69) is 29.4 Å². The molecule has 0 aliphatic carbocycles. The van der Waals surface area contributed by atoms with Gasteiger partial charge in [0.05, 0.1) is 17.8 Å². The van der Waals surface area contributed by atoms with Crippen molar-refractivity contribution in [1.82, 2.24) is 10.2 Å². The number of nitrogens with one attached hydrogen (secondary N) is 1. The number of benzene rings is 1. The van der Waals surface area contributed by atoms with Crippen LogP contribution in [0.5, 0.6) is 0 Å². The number of nitrogens with zero attached hydrogens (tertiary/aromatic N) is 2. The number of hydrogen-bond acceptors (Lipinski definition) is 5. The minimum absolute atomic E-state index is 0.0441. The van der Waals surface area contributed by atoms with Gasteiger partial charge in [0.15, 0.2) is 5.69 Å². The summed E-state index contributed by atoms with van der Waals surface area (Å²) in [6, 6.07) is 7.77. The van der Waals surface area contributed by atoms with Crippen LogP contribution < -0.4 is 11.1 Å². The van der Waals surface area contributed by atoms with Gasteiger partial charge in [0.1, 0.15) is 0 Å². The second-order valence-electron chi connectivity index (χ2n) is 6.33. The maximum Gasteiger partial charge on any atom is 0.271 e. The van der Waals surface area contributed by atoms with Crippen molar-refractivity contribution in [3.05, 3.63) is 30.0 Å². The standard InChI is InChI=1S/C16H20N4O2/c1-16(2)9-22-8-7-12(16)18-13-10-5-3-4-6-11(10)19-20-14(13)15(17)21/h3-6,12H,7-9H2,1-2H3,(H2,17,21)(H,18,19)/t12-/m0/s1. The van der Waals surface area contributed by atoms with Crippen molar-refractivity contribution in [3.8, 4) is 0 Å². The number of aromatic nitrogens is 2. The monoisotopic (exact) mass is 300 g/mol. The molecule has 0 bridgehead atoms. The predicted molar refractivity (Wildman–Crippen MR) is 84.7 cm³/mol. The minimum atomic E-state index is -0.578. The lowest BCUT2D eigenvalue weighted by Crippen LogP contribution is -2.44. The van der Waals surface area contributed by atoms with E-state index in [4.69, 9.17) is 10.5 Å². The summed E-state index contributed by atoms with van der Waals surface area (Å²) in [4.78, 5) is 11.7. The van der Waals surface area contributed by atoms with Gasteiger partial charge in [-0.2, -0.15) is 0 Å². The van der Waals surface area contributed by atoms with Crippen LogP contribution in [0.3, 0.4) is 0 Å². The molecule has 0 unspecified atom stereocenters. The Bertz CT molecular complexity index is 714. The molecule has 2 aromatic rings. The summed E-state index contributed by atoms with van der Waals surface area (Å²) in [6.45, 7) is 5.66. The van der Waals surface area contributed by atoms with Gasteiger partial charge in [-0.15, -0.1) is 10.2 Å². The fraction of sp³-hybridized carbons (Fsp3) is 0.438. The van der Waals surface area contributed by atoms with Gasteiger partial charge in [0, 0.05) is 23.4 Å². The first-order chi connectivity index (χ1) is 10.5. The molecule has 1 amide bonds. The summed E-state index contributed by atoms with van der Waals surface area (Å²) in [6.07, 6.45) is 0.863. The van der Waals surface area contributed by atoms with E-state index in [-0.39, 0.29) is 17.2 Å². The Morgan fingerprint density at radius 1 is 1.36 bits per heavy atom. The van der Waals surface area contributed by atoms with Gasteiger partial charge in [0.25, 0.3) is 5.91 Å². The zero-order chi connectivity index (χ0) is 15.7. The van der Waals surface area contributed by atoms with Crippen LogP contribution in [0.2, 0.25) is 0 Å². The zero-order valence-electron chi connectivity index (χ0n) is 12.8. The first-order valence-corrected chi connectivity index (χ1v) is 7.38. The minimum Gasteiger partial charge on any atom is -0.381 e. The SMILES string of the molecule is CC1(C)COCC[C@@H]1Nc1c(C(N)=O)nnc2ccccc12. The molecule has 1 saturated heterocycles. The summed E-state index contributed by atoms with van der Waals surface area (Å²) >= 11 is 0. The van der Waals surface area contributed by atoms with Crippen LogP contribution in [0.15, 0.2) is 24.3 Å². The predicted octanol–water partition coefficient (Wildman–Crippen LogP) is 1.96. The molecule has 0 radical (unpaired) electrons. The lowest BCUT2D eigenvalue weighted by molar-refractivity contribution is 0.00348. The van der Waals surface area contributed by atoms with Gasteiger partial charge in [-0.05, 0) is 12.5 Å². The van der Waals surface area contributed by atoms with Crippen LogP contribution in [0.1, 0.15) is 30.8 Å². The van der Waals surface area contributed by atoms with E-state index in [1.807, 2.05) is 24.3 Å². The molecular weight excluding hydrogens is 280 g/mol. The van der Waals surface area contributed by atoms with Crippen LogP contribution in [0.25, 0.3) is 10.9 Å². The number of fused-ring (bicyclic) bond motifs is 1. The average molecular weight is 300 g/mol. The normalized spacial score (nSPS) is 20.7. The molecule has 1 aliphatic rings. The lowest BCUT2D eigenvalue weighted by atomic mass is 9.81. The molecule has 22 heavy (non-hydrogen) atoms. The van der Waals surface area contributed by atoms with Crippen LogP contribution in [-0.2, 0) is 4.74 Å². The summed E-state index contributed by atoms with van der Waals surface area (Å²) in [5, 5.41) is 12.4. The second kappa shape index (κ2) is 5.53. The van der Waals surface area contributed by atoms with Gasteiger partial charge in [-0.1, -0.05) is 32.0 Å². The summed E-state index contributed by atoms with van der Waals surface area (Å²) < 4.78 is 5.56. The van der Waals surface area contributed by atoms with Gasteiger partial charge in [0.2, 0.25) is 0 Å². The molecule has 1 aromatic heterocycles. The third-order valence-corrected chi connectivity index (χ3v) is 4.19. The van der Waals surface area contributed by atoms with Crippen molar-refractivity contribution in [2.75, 3.05) is 18.5 Å². The average Bonchev–Trinajstić information content (AvgIpc) is 2.49. The molecule has 0 spiro atoms. The number of anilines is 1. The van der Waals surface area contributed by atoms with E-state index in [0.717, 1.165) is 17.3 Å². The Balaban J connectivity index is 2.08. The molecule has 116 valence electrons. The fourth-order valence-corrected chi connectivity index (χ4v) is 2.84. The highest BCUT2D eigenvalue weighted by Crippen LogP contribution is 2.33. The van der Waals surface area contributed by atoms with Gasteiger partial charge in [-0.3, -0.25) is 4.79 Å². The Hall–Kier alpha value is -2.21. The number of ether oxygens (including phenoxy) is 1. The Morgan fingerprint density at radius 3 is 2.86 bits per heavy atom. The van der Waals surface area contributed by atoms with Crippen molar-refractivity contribution in [3.63, 3.8) is 0 Å². The van der Waals surface area contributed by atoms with Gasteiger partial charge >= 0.3 is 0 Å². The van der Waals surface area contributed by atoms with Crippen molar-refractivity contribution in [2.24, 2.45) is 11.1 Å². The summed E-state index contributed by atoms with van der Waals surface area (Å²) in [5.41, 5.74) is 7.01. The van der Waals surface area contributed by atoms with Crippen molar-refractivity contribution in [2.45, 2.75) is 26.3 Å². The van der Waals surface area contributed by atoms with Crippen LogP contribution in [0, 0.1) is 5.41 Å². The number of amides is 1. The van der Waals surface area contributed by atoms with E-state index in [9.17, 15) is 4.79 Å². The van der Waals surface area contributed by atoms with E-state index >= 15 is 0 Å². The quantitative estimate of drug-likeness (QED) is 0.904. The topological polar surface area (TPSA) is 90.1 Å². The smallest absolute Gasteiger partial charge is 0.271 e. The number of rotatable bonds is 3. The lowest BCUT2D eigenvalue weighted by Gasteiger charge is -2.39. The Kier molecular flexibility index (Phi) is 3.70. The molecule has 1 fully saturated rings. The van der Waals surface area contributed by atoms with Crippen LogP contribution in [-0.4, -0.2) is 35.4 Å². The molecule has 1 aliphatic heterocycles. The number of primary amides is 1. The van der Waals surface area contributed by atoms with Crippen LogP contribution in [0.4, 0.5) is 5.69 Å². The van der Waals surface area contributed by atoms with Gasteiger partial charge in [-0.25, -0.2) is 0 Å². The largest absolute Gasteiger partial charge is 0.381 e. The molecule has 2 heterocycles. The van der Waals surface area contributed by atoms with E-state index in [1.54, 1.807) is 0 Å². The Morgan fingerprint density at radius 2 is 2.14 bits per heavy atom. The van der Waals surface area contributed by atoms with Crippen molar-refractivity contribution in [1.29, 1.82) is 0 Å². The van der Waals surface area contributed by atoms with E-state index in [0.29, 0.717) is 18.9 Å². The summed E-state index contributed by atoms with van der Waals surface area (Å²) in [5.74, 6) is -0.578. The fourth-order valence-electron chi connectivity index (χ4n) is 2.84. The highest BCUT2D eigenvalue weighted by molar-refractivity contribution is 6.04. The number of carbonyl (C=O) groups is 1. The van der Waals surface area contributed by atoms with E-state index < -0.39 is 5.91 Å². The molecule has 1 aromatic carbocycles. The molecule has 1 atom stereocenters. The van der Waals surface area contributed by atoms with Crippen molar-refractivity contribution >= 4 is 22.5 Å². The van der Waals surface area contributed by atoms with Crippen molar-refractivity contribution < 1.29 is 9.53 Å². The number of hydrogen-bond donors (Lipinski definition) is 2. The van der Waals surface area contributed by atoms with Crippen LogP contribution >= 0.6 is 0 Å². The molecular formula is C16H20N4O2. The summed E-state index contributed by atoms with van der Waals surface area (Å²) in [7, 11) is 0. The third-order valence-electron chi connectivity index (χ3n) is 4.19. The molecule has 6 nitrogen and oxygen atoms in total. The second-order valence-corrected chi connectivity index (χ2v) is 6.33. The number of nitrogens with two attached hydrogens (primary N) is 1. The first kappa shape index (κ1) is 14.7.